The van der Waals surface area contributed by atoms with Gasteiger partial charge in [0.15, 0.2) is 18.8 Å². The molecule has 1 N–H and O–H groups in total. The summed E-state index contributed by atoms with van der Waals surface area (Å²) >= 11 is 0. The molecule has 1 aromatic heterocycles. The average molecular weight is 396 g/mol. The second kappa shape index (κ2) is 8.34. The second-order valence-corrected chi connectivity index (χ2v) is 7.15. The van der Waals surface area contributed by atoms with Gasteiger partial charge in [-0.1, -0.05) is 18.2 Å². The van der Waals surface area contributed by atoms with Crippen molar-refractivity contribution in [2.75, 3.05) is 18.5 Å². The number of aryl methyl sites for hydroxylation is 1. The Hall–Kier alpha value is -3.35. The van der Waals surface area contributed by atoms with Crippen molar-refractivity contribution in [2.24, 2.45) is 0 Å². The number of Topliss-reactive ketones (excluding diaryl/α,β-unsaturated/α-hetero) is 2. The lowest BCUT2D eigenvalue weighted by Gasteiger charge is -2.13. The molecule has 1 aliphatic heterocycles. The van der Waals surface area contributed by atoms with Crippen LogP contribution < -0.4 is 5.32 Å². The Kier molecular flexibility index (Phi) is 5.87. The van der Waals surface area contributed by atoms with E-state index in [4.69, 9.17) is 9.47 Å². The Morgan fingerprint density at radius 1 is 1.21 bits per heavy atom. The monoisotopic (exact) mass is 396 g/mol. The van der Waals surface area contributed by atoms with E-state index in [9.17, 15) is 14.4 Å². The summed E-state index contributed by atoms with van der Waals surface area (Å²) in [5.41, 5.74) is 2.75. The first kappa shape index (κ1) is 20.4. The topological polar surface area (TPSA) is 86.6 Å². The van der Waals surface area contributed by atoms with Crippen molar-refractivity contribution < 1.29 is 23.9 Å². The average Bonchev–Trinajstić information content (AvgIpc) is 3.19. The van der Waals surface area contributed by atoms with Crippen molar-refractivity contribution >= 4 is 23.2 Å². The normalized spacial score (nSPS) is 13.6. The van der Waals surface area contributed by atoms with Crippen LogP contribution in [0.2, 0.25) is 0 Å². The SMILES string of the molecule is Cc1cc(C(=O)COC(=O)C2=C(Nc3ccccc3)OCC2=O)c(C)n1C(C)C. The Labute approximate surface area is 169 Å². The van der Waals surface area contributed by atoms with Crippen LogP contribution >= 0.6 is 0 Å². The summed E-state index contributed by atoms with van der Waals surface area (Å²) in [6.07, 6.45) is 0. The fourth-order valence-corrected chi connectivity index (χ4v) is 3.50. The largest absolute Gasteiger partial charge is 0.470 e. The molecule has 0 saturated heterocycles. The van der Waals surface area contributed by atoms with Gasteiger partial charge in [0.1, 0.15) is 0 Å². The molecule has 0 amide bonds. The first-order valence-electron chi connectivity index (χ1n) is 9.40. The van der Waals surface area contributed by atoms with Gasteiger partial charge in [0.25, 0.3) is 0 Å². The molecule has 2 aromatic rings. The molecule has 0 radical (unpaired) electrons. The fraction of sp³-hybridized carbons (Fsp3) is 0.318. The molecule has 29 heavy (non-hydrogen) atoms. The van der Waals surface area contributed by atoms with Gasteiger partial charge in [-0.15, -0.1) is 0 Å². The van der Waals surface area contributed by atoms with Crippen LogP contribution in [0.3, 0.4) is 0 Å². The van der Waals surface area contributed by atoms with Gasteiger partial charge < -0.3 is 19.4 Å². The van der Waals surface area contributed by atoms with Crippen molar-refractivity contribution in [1.82, 2.24) is 4.57 Å². The van der Waals surface area contributed by atoms with Crippen LogP contribution in [0.4, 0.5) is 5.69 Å². The van der Waals surface area contributed by atoms with Crippen molar-refractivity contribution in [3.8, 4) is 0 Å². The summed E-state index contributed by atoms with van der Waals surface area (Å²) in [4.78, 5) is 37.2. The Morgan fingerprint density at radius 2 is 1.90 bits per heavy atom. The second-order valence-electron chi connectivity index (χ2n) is 7.15. The zero-order valence-corrected chi connectivity index (χ0v) is 16.9. The molecule has 0 atom stereocenters. The first-order valence-corrected chi connectivity index (χ1v) is 9.40. The van der Waals surface area contributed by atoms with Gasteiger partial charge >= 0.3 is 5.97 Å². The standard InChI is InChI=1S/C22H24N2O5/c1-13(2)24-14(3)10-17(15(24)4)18(25)11-29-22(27)20-19(26)12-28-21(20)23-16-8-6-5-7-9-16/h5-10,13,23H,11-12H2,1-4H3. The number of carbonyl (C=O) groups is 3. The fourth-order valence-electron chi connectivity index (χ4n) is 3.50. The van der Waals surface area contributed by atoms with E-state index in [0.717, 1.165) is 11.4 Å². The van der Waals surface area contributed by atoms with E-state index >= 15 is 0 Å². The van der Waals surface area contributed by atoms with E-state index in [-0.39, 0.29) is 29.9 Å². The number of aromatic nitrogens is 1. The van der Waals surface area contributed by atoms with E-state index < -0.39 is 18.4 Å². The van der Waals surface area contributed by atoms with Gasteiger partial charge in [-0.2, -0.15) is 0 Å². The van der Waals surface area contributed by atoms with Gasteiger partial charge in [-0.25, -0.2) is 4.79 Å². The number of hydrogen-bond acceptors (Lipinski definition) is 6. The van der Waals surface area contributed by atoms with Crippen LogP contribution in [0.5, 0.6) is 0 Å². The molecule has 0 spiro atoms. The first-order chi connectivity index (χ1) is 13.8. The number of nitrogens with one attached hydrogen (secondary N) is 1. The van der Waals surface area contributed by atoms with Gasteiger partial charge in [-0.3, -0.25) is 9.59 Å². The number of carbonyl (C=O) groups excluding carboxylic acids is 3. The predicted octanol–water partition coefficient (Wildman–Crippen LogP) is 3.33. The van der Waals surface area contributed by atoms with Gasteiger partial charge in [0.05, 0.1) is 0 Å². The number of para-hydroxylation sites is 1. The van der Waals surface area contributed by atoms with E-state index in [2.05, 4.69) is 5.32 Å². The summed E-state index contributed by atoms with van der Waals surface area (Å²) < 4.78 is 12.5. The lowest BCUT2D eigenvalue weighted by molar-refractivity contribution is -0.139. The smallest absolute Gasteiger partial charge is 0.347 e. The number of rotatable bonds is 7. The van der Waals surface area contributed by atoms with Gasteiger partial charge in [0, 0.05) is 28.7 Å². The summed E-state index contributed by atoms with van der Waals surface area (Å²) in [6.45, 7) is 7.17. The predicted molar refractivity (Wildman–Crippen MR) is 108 cm³/mol. The minimum Gasteiger partial charge on any atom is -0.470 e. The van der Waals surface area contributed by atoms with E-state index in [1.807, 2.05) is 50.5 Å². The third-order valence-corrected chi connectivity index (χ3v) is 4.72. The molecule has 0 unspecified atom stereocenters. The Morgan fingerprint density at radius 3 is 2.52 bits per heavy atom. The summed E-state index contributed by atoms with van der Waals surface area (Å²) in [7, 11) is 0. The molecule has 2 heterocycles. The molecule has 1 aliphatic rings. The van der Waals surface area contributed by atoms with Crippen LogP contribution in [0, 0.1) is 13.8 Å². The van der Waals surface area contributed by atoms with Crippen LogP contribution in [-0.2, 0) is 19.1 Å². The van der Waals surface area contributed by atoms with Crippen molar-refractivity contribution in [3.05, 3.63) is 64.8 Å². The van der Waals surface area contributed by atoms with Crippen LogP contribution in [0.15, 0.2) is 47.9 Å². The van der Waals surface area contributed by atoms with Crippen LogP contribution in [0.1, 0.15) is 41.6 Å². The maximum absolute atomic E-state index is 12.6. The lowest BCUT2D eigenvalue weighted by atomic mass is 10.1. The Bertz CT molecular complexity index is 986. The van der Waals surface area contributed by atoms with Crippen LogP contribution in [-0.4, -0.2) is 35.3 Å². The number of ketones is 2. The highest BCUT2D eigenvalue weighted by atomic mass is 16.5. The molecule has 0 bridgehead atoms. The molecule has 7 nitrogen and oxygen atoms in total. The summed E-state index contributed by atoms with van der Waals surface area (Å²) in [5.74, 6) is -1.64. The highest BCUT2D eigenvalue weighted by molar-refractivity contribution is 6.20. The zero-order chi connectivity index (χ0) is 21.1. The summed E-state index contributed by atoms with van der Waals surface area (Å²) in [6, 6.07) is 11.0. The molecular weight excluding hydrogens is 372 g/mol. The zero-order valence-electron chi connectivity index (χ0n) is 16.9. The molecule has 1 aromatic carbocycles. The third kappa shape index (κ3) is 4.23. The maximum Gasteiger partial charge on any atom is 0.347 e. The van der Waals surface area contributed by atoms with E-state index in [1.165, 1.54) is 0 Å². The van der Waals surface area contributed by atoms with Crippen molar-refractivity contribution in [2.45, 2.75) is 33.7 Å². The van der Waals surface area contributed by atoms with E-state index in [1.54, 1.807) is 18.2 Å². The molecule has 0 aliphatic carbocycles. The molecule has 7 heteroatoms. The number of hydrogen-bond donors (Lipinski definition) is 1. The molecule has 0 fully saturated rings. The molecule has 3 rings (SSSR count). The summed E-state index contributed by atoms with van der Waals surface area (Å²) in [5, 5.41) is 2.90. The van der Waals surface area contributed by atoms with Crippen molar-refractivity contribution in [3.63, 3.8) is 0 Å². The molecule has 0 saturated carbocycles. The van der Waals surface area contributed by atoms with Crippen LogP contribution in [0.25, 0.3) is 0 Å². The number of esters is 1. The molecular formula is C22H24N2O5. The van der Waals surface area contributed by atoms with Gasteiger partial charge in [0.2, 0.25) is 17.4 Å². The Balaban J connectivity index is 1.72. The number of anilines is 1. The molecule has 152 valence electrons. The minimum atomic E-state index is -0.878. The number of ether oxygens (including phenoxy) is 2. The van der Waals surface area contributed by atoms with Crippen molar-refractivity contribution in [1.29, 1.82) is 0 Å². The van der Waals surface area contributed by atoms with Gasteiger partial charge in [-0.05, 0) is 45.9 Å². The van der Waals surface area contributed by atoms with E-state index in [0.29, 0.717) is 11.3 Å². The third-order valence-electron chi connectivity index (χ3n) is 4.72. The highest BCUT2D eigenvalue weighted by Crippen LogP contribution is 2.22. The number of nitrogens with zero attached hydrogens (tertiary/aromatic N) is 1. The minimum absolute atomic E-state index is 0.0386. The quantitative estimate of drug-likeness (QED) is 0.439. The number of benzene rings is 1. The maximum atomic E-state index is 12.6. The highest BCUT2D eigenvalue weighted by Gasteiger charge is 2.33. The lowest BCUT2D eigenvalue weighted by Crippen LogP contribution is -2.20.